The Balaban J connectivity index is 1.84. The molecule has 0 unspecified atom stereocenters. The van der Waals surface area contributed by atoms with Gasteiger partial charge in [0.2, 0.25) is 0 Å². The molecule has 0 atom stereocenters. The van der Waals surface area contributed by atoms with Crippen LogP contribution in [0.15, 0.2) is 45.2 Å². The molecule has 0 fully saturated rings. The summed E-state index contributed by atoms with van der Waals surface area (Å²) < 4.78 is 23.5. The summed E-state index contributed by atoms with van der Waals surface area (Å²) in [4.78, 5) is 0. The van der Waals surface area contributed by atoms with Crippen molar-refractivity contribution in [3.05, 3.63) is 65.0 Å². The van der Waals surface area contributed by atoms with Crippen LogP contribution in [0.4, 0.5) is 5.69 Å². The minimum atomic E-state index is -0.230. The number of ether oxygens (including phenoxy) is 2. The molecule has 1 aliphatic heterocycles. The van der Waals surface area contributed by atoms with E-state index in [4.69, 9.17) is 24.0 Å². The van der Waals surface area contributed by atoms with Gasteiger partial charge >= 0.3 is 0 Å². The molecule has 0 saturated carbocycles. The Hall–Kier alpha value is -2.82. The van der Waals surface area contributed by atoms with E-state index in [2.05, 4.69) is 13.8 Å². The summed E-state index contributed by atoms with van der Waals surface area (Å²) in [5.41, 5.74) is 7.90. The summed E-state index contributed by atoms with van der Waals surface area (Å²) in [6.07, 6.45) is 1.67. The van der Waals surface area contributed by atoms with Crippen LogP contribution >= 0.6 is 0 Å². The Morgan fingerprint density at radius 1 is 0.846 bits per heavy atom. The van der Waals surface area contributed by atoms with Crippen molar-refractivity contribution in [3.8, 4) is 11.5 Å². The first-order chi connectivity index (χ1) is 12.7. The molecule has 5 heteroatoms. The van der Waals surface area contributed by atoms with Gasteiger partial charge in [-0.2, -0.15) is 0 Å². The molecule has 0 saturated heterocycles. The van der Waals surface area contributed by atoms with Crippen LogP contribution in [0.1, 0.15) is 48.4 Å². The average molecular weight is 353 g/mol. The lowest BCUT2D eigenvalue weighted by Gasteiger charge is -2.22. The first kappa shape index (κ1) is 16.6. The van der Waals surface area contributed by atoms with E-state index in [1.165, 1.54) is 0 Å². The molecular formula is C21H23NO4. The second-order valence-electron chi connectivity index (χ2n) is 6.37. The molecule has 26 heavy (non-hydrogen) atoms. The fourth-order valence-electron chi connectivity index (χ4n) is 3.30. The summed E-state index contributed by atoms with van der Waals surface area (Å²) in [7, 11) is 0. The van der Waals surface area contributed by atoms with Gasteiger partial charge in [-0.05, 0) is 35.9 Å². The van der Waals surface area contributed by atoms with Gasteiger partial charge < -0.3 is 24.0 Å². The van der Waals surface area contributed by atoms with E-state index in [-0.39, 0.29) is 5.92 Å². The Morgan fingerprint density at radius 2 is 1.38 bits per heavy atom. The van der Waals surface area contributed by atoms with Crippen LogP contribution in [0.25, 0.3) is 0 Å². The summed E-state index contributed by atoms with van der Waals surface area (Å²) in [5, 5.41) is 0. The topological polar surface area (TPSA) is 70.8 Å². The number of hydrogen-bond donors (Lipinski definition) is 1. The van der Waals surface area contributed by atoms with E-state index in [1.54, 1.807) is 0 Å². The Bertz CT molecular complexity index is 866. The Morgan fingerprint density at radius 3 is 1.88 bits per heavy atom. The fraction of sp³-hybridized carbons (Fsp3) is 0.333. The minimum Gasteiger partial charge on any atom is -0.486 e. The van der Waals surface area contributed by atoms with Crippen molar-refractivity contribution >= 4 is 5.69 Å². The quantitative estimate of drug-likeness (QED) is 0.682. The molecule has 4 rings (SSSR count). The molecule has 0 bridgehead atoms. The molecule has 2 aromatic heterocycles. The van der Waals surface area contributed by atoms with Gasteiger partial charge in [0.1, 0.15) is 42.2 Å². The Kier molecular flexibility index (Phi) is 4.37. The zero-order valence-electron chi connectivity index (χ0n) is 15.1. The first-order valence-corrected chi connectivity index (χ1v) is 9.05. The van der Waals surface area contributed by atoms with Gasteiger partial charge in [0.05, 0.1) is 0 Å². The summed E-state index contributed by atoms with van der Waals surface area (Å²) >= 11 is 0. The zero-order chi connectivity index (χ0) is 18.1. The maximum atomic E-state index is 6.38. The van der Waals surface area contributed by atoms with Crippen molar-refractivity contribution in [1.82, 2.24) is 0 Å². The standard InChI is InChI=1S/C21H23NO4/c1-3-13-5-7-17(25-13)21(18-8-6-14(4-2)26-18)15-11-19-20(12-16(15)22)24-10-9-23-19/h5-8,11-12,21H,3-4,9-10,22H2,1-2H3. The number of hydrogen-bond acceptors (Lipinski definition) is 5. The number of fused-ring (bicyclic) bond motifs is 1. The molecule has 0 spiro atoms. The fourth-order valence-corrected chi connectivity index (χ4v) is 3.30. The van der Waals surface area contributed by atoms with E-state index in [9.17, 15) is 0 Å². The third-order valence-electron chi connectivity index (χ3n) is 4.69. The molecule has 3 heterocycles. The molecule has 1 aliphatic rings. The lowest BCUT2D eigenvalue weighted by Crippen LogP contribution is -2.16. The first-order valence-electron chi connectivity index (χ1n) is 9.05. The van der Waals surface area contributed by atoms with Crippen molar-refractivity contribution in [2.75, 3.05) is 18.9 Å². The highest BCUT2D eigenvalue weighted by Gasteiger charge is 2.28. The van der Waals surface area contributed by atoms with Crippen LogP contribution in [0.5, 0.6) is 11.5 Å². The lowest BCUT2D eigenvalue weighted by molar-refractivity contribution is 0.171. The molecule has 2 N–H and O–H groups in total. The van der Waals surface area contributed by atoms with Gasteiger partial charge in [0, 0.05) is 24.6 Å². The number of nitrogen functional groups attached to an aromatic ring is 1. The van der Waals surface area contributed by atoms with E-state index in [0.29, 0.717) is 30.4 Å². The zero-order valence-corrected chi connectivity index (χ0v) is 15.1. The largest absolute Gasteiger partial charge is 0.486 e. The number of rotatable bonds is 5. The van der Waals surface area contributed by atoms with Crippen molar-refractivity contribution in [2.45, 2.75) is 32.6 Å². The molecule has 5 nitrogen and oxygen atoms in total. The summed E-state index contributed by atoms with van der Waals surface area (Å²) in [6.45, 7) is 5.20. The van der Waals surface area contributed by atoms with E-state index in [0.717, 1.165) is 41.4 Å². The summed E-state index contributed by atoms with van der Waals surface area (Å²) in [5.74, 6) is 4.64. The second kappa shape index (κ2) is 6.83. The number of aryl methyl sites for hydroxylation is 2. The van der Waals surface area contributed by atoms with Crippen molar-refractivity contribution in [1.29, 1.82) is 0 Å². The summed E-state index contributed by atoms with van der Waals surface area (Å²) in [6, 6.07) is 11.8. The van der Waals surface area contributed by atoms with E-state index in [1.807, 2.05) is 36.4 Å². The van der Waals surface area contributed by atoms with Crippen molar-refractivity contribution in [3.63, 3.8) is 0 Å². The van der Waals surface area contributed by atoms with Crippen molar-refractivity contribution < 1.29 is 18.3 Å². The maximum Gasteiger partial charge on any atom is 0.163 e. The molecule has 0 radical (unpaired) electrons. The molecule has 0 amide bonds. The molecule has 1 aromatic carbocycles. The van der Waals surface area contributed by atoms with Crippen LogP contribution < -0.4 is 15.2 Å². The van der Waals surface area contributed by atoms with Gasteiger partial charge in [-0.15, -0.1) is 0 Å². The third kappa shape index (κ3) is 2.94. The third-order valence-corrected chi connectivity index (χ3v) is 4.69. The van der Waals surface area contributed by atoms with Gasteiger partial charge in [0.15, 0.2) is 11.5 Å². The minimum absolute atomic E-state index is 0.230. The molecule has 0 aliphatic carbocycles. The van der Waals surface area contributed by atoms with Gasteiger partial charge in [-0.25, -0.2) is 0 Å². The van der Waals surface area contributed by atoms with Crippen molar-refractivity contribution in [2.24, 2.45) is 0 Å². The highest BCUT2D eigenvalue weighted by molar-refractivity contribution is 5.62. The predicted molar refractivity (Wildman–Crippen MR) is 99.0 cm³/mol. The monoisotopic (exact) mass is 353 g/mol. The number of furan rings is 2. The van der Waals surface area contributed by atoms with Gasteiger partial charge in [-0.3, -0.25) is 0 Å². The second-order valence-corrected chi connectivity index (χ2v) is 6.37. The number of benzene rings is 1. The van der Waals surface area contributed by atoms with E-state index >= 15 is 0 Å². The van der Waals surface area contributed by atoms with Crippen LogP contribution in [-0.4, -0.2) is 13.2 Å². The Labute approximate surface area is 152 Å². The van der Waals surface area contributed by atoms with Crippen LogP contribution in [0.3, 0.4) is 0 Å². The van der Waals surface area contributed by atoms with Gasteiger partial charge in [0.25, 0.3) is 0 Å². The highest BCUT2D eigenvalue weighted by Crippen LogP contribution is 2.42. The molecule has 136 valence electrons. The molecular weight excluding hydrogens is 330 g/mol. The number of nitrogens with two attached hydrogens (primary N) is 1. The van der Waals surface area contributed by atoms with Crippen LogP contribution in [0.2, 0.25) is 0 Å². The average Bonchev–Trinajstić information content (AvgIpc) is 3.32. The smallest absolute Gasteiger partial charge is 0.163 e. The van der Waals surface area contributed by atoms with Crippen LogP contribution in [-0.2, 0) is 12.8 Å². The maximum absolute atomic E-state index is 6.38. The lowest BCUT2D eigenvalue weighted by atomic mass is 9.92. The molecule has 3 aromatic rings. The highest BCUT2D eigenvalue weighted by atomic mass is 16.6. The normalized spacial score (nSPS) is 13.3. The number of anilines is 1. The predicted octanol–water partition coefficient (Wildman–Crippen LogP) is 4.53. The van der Waals surface area contributed by atoms with Gasteiger partial charge in [-0.1, -0.05) is 13.8 Å². The van der Waals surface area contributed by atoms with Crippen LogP contribution in [0, 0.1) is 0 Å². The SMILES string of the molecule is CCc1ccc(C(c2ccc(CC)o2)c2cc3c(cc2N)OCCO3)o1. The van der Waals surface area contributed by atoms with E-state index < -0.39 is 0 Å².